The number of nitrogens with one attached hydrogen (secondary N) is 2. The number of rotatable bonds is 2. The van der Waals surface area contributed by atoms with E-state index in [-0.39, 0.29) is 6.04 Å². The lowest BCUT2D eigenvalue weighted by atomic mass is 10.0. The number of carbonyl (C=O) groups is 1. The van der Waals surface area contributed by atoms with Crippen molar-refractivity contribution in [3.05, 3.63) is 0 Å². The monoisotopic (exact) mass is 144 g/mol. The number of carbonyl (C=O) groups excluding carboxylic acids is 1. The van der Waals surface area contributed by atoms with Crippen LogP contribution in [0.3, 0.4) is 0 Å². The van der Waals surface area contributed by atoms with Gasteiger partial charge in [-0.1, -0.05) is 0 Å². The molecule has 1 rings (SSSR count). The minimum Gasteiger partial charge on any atom is -0.390 e. The van der Waals surface area contributed by atoms with Gasteiger partial charge in [-0.2, -0.15) is 0 Å². The van der Waals surface area contributed by atoms with E-state index in [1.165, 1.54) is 0 Å². The van der Waals surface area contributed by atoms with Crippen molar-refractivity contribution in [3.8, 4) is 0 Å². The number of hydrogen-bond donors (Lipinski definition) is 3. The highest BCUT2D eigenvalue weighted by molar-refractivity contribution is 5.46. The zero-order valence-electron chi connectivity index (χ0n) is 5.71. The van der Waals surface area contributed by atoms with Gasteiger partial charge in [-0.15, -0.1) is 0 Å². The standard InChI is InChI=1S/C6H12N2O2/c9-4-8-5-1-2-7-3-6(5)10/h4-7,10H,1-3H2,(H,8,9)/t5-,6-/m0/s1. The van der Waals surface area contributed by atoms with E-state index in [2.05, 4.69) is 10.6 Å². The van der Waals surface area contributed by atoms with E-state index in [1.807, 2.05) is 0 Å². The van der Waals surface area contributed by atoms with Gasteiger partial charge in [0.05, 0.1) is 12.1 Å². The Morgan fingerprint density at radius 1 is 1.70 bits per heavy atom. The van der Waals surface area contributed by atoms with E-state index in [9.17, 15) is 9.90 Å². The van der Waals surface area contributed by atoms with Gasteiger partial charge in [0, 0.05) is 6.54 Å². The smallest absolute Gasteiger partial charge is 0.207 e. The van der Waals surface area contributed by atoms with Crippen LogP contribution < -0.4 is 10.6 Å². The van der Waals surface area contributed by atoms with Crippen LogP contribution in [0.4, 0.5) is 0 Å². The van der Waals surface area contributed by atoms with Gasteiger partial charge < -0.3 is 15.7 Å². The van der Waals surface area contributed by atoms with Crippen molar-refractivity contribution in [2.45, 2.75) is 18.6 Å². The molecule has 0 bridgehead atoms. The van der Waals surface area contributed by atoms with Gasteiger partial charge in [0.1, 0.15) is 0 Å². The molecule has 1 heterocycles. The van der Waals surface area contributed by atoms with Gasteiger partial charge in [-0.05, 0) is 13.0 Å². The van der Waals surface area contributed by atoms with Gasteiger partial charge in [0.25, 0.3) is 0 Å². The molecule has 0 aromatic rings. The predicted molar refractivity (Wildman–Crippen MR) is 36.5 cm³/mol. The largest absolute Gasteiger partial charge is 0.390 e. The molecule has 58 valence electrons. The summed E-state index contributed by atoms with van der Waals surface area (Å²) in [7, 11) is 0. The average molecular weight is 144 g/mol. The van der Waals surface area contributed by atoms with Crippen LogP contribution in [0.15, 0.2) is 0 Å². The maximum absolute atomic E-state index is 9.98. The number of aliphatic hydroxyl groups is 1. The van der Waals surface area contributed by atoms with E-state index in [4.69, 9.17) is 0 Å². The molecule has 1 fully saturated rings. The fraction of sp³-hybridized carbons (Fsp3) is 0.833. The minimum absolute atomic E-state index is 0.0567. The van der Waals surface area contributed by atoms with Crippen LogP contribution in [0.1, 0.15) is 6.42 Å². The third kappa shape index (κ3) is 1.68. The Balaban J connectivity index is 2.32. The van der Waals surface area contributed by atoms with E-state index in [0.29, 0.717) is 13.0 Å². The average Bonchev–Trinajstić information content (AvgIpc) is 1.94. The van der Waals surface area contributed by atoms with Crippen molar-refractivity contribution in [2.75, 3.05) is 13.1 Å². The molecule has 4 heteroatoms. The second-order valence-electron chi connectivity index (χ2n) is 2.45. The minimum atomic E-state index is -0.432. The molecule has 2 atom stereocenters. The summed E-state index contributed by atoms with van der Waals surface area (Å²) in [5.74, 6) is 0. The molecule has 10 heavy (non-hydrogen) atoms. The van der Waals surface area contributed by atoms with Crippen molar-refractivity contribution >= 4 is 6.41 Å². The van der Waals surface area contributed by atoms with Gasteiger partial charge in [-0.25, -0.2) is 0 Å². The first kappa shape index (κ1) is 7.50. The molecule has 4 nitrogen and oxygen atoms in total. The molecule has 1 aliphatic heterocycles. The Kier molecular flexibility index (Phi) is 2.65. The summed E-state index contributed by atoms with van der Waals surface area (Å²) in [6, 6.07) is -0.0567. The fourth-order valence-electron chi connectivity index (χ4n) is 1.12. The summed E-state index contributed by atoms with van der Waals surface area (Å²) in [5.41, 5.74) is 0. The number of hydrogen-bond acceptors (Lipinski definition) is 3. The van der Waals surface area contributed by atoms with Crippen molar-refractivity contribution in [3.63, 3.8) is 0 Å². The maximum atomic E-state index is 9.98. The molecule has 0 radical (unpaired) electrons. The lowest BCUT2D eigenvalue weighted by Gasteiger charge is -2.27. The van der Waals surface area contributed by atoms with Crippen LogP contribution in [0, 0.1) is 0 Å². The van der Waals surface area contributed by atoms with Crippen molar-refractivity contribution in [1.82, 2.24) is 10.6 Å². The van der Waals surface area contributed by atoms with E-state index < -0.39 is 6.10 Å². The van der Waals surface area contributed by atoms with Crippen LogP contribution in [0.5, 0.6) is 0 Å². The number of aliphatic hydroxyl groups excluding tert-OH is 1. The van der Waals surface area contributed by atoms with Crippen molar-refractivity contribution in [1.29, 1.82) is 0 Å². The Morgan fingerprint density at radius 2 is 2.50 bits per heavy atom. The predicted octanol–water partition coefficient (Wildman–Crippen LogP) is -1.54. The first-order chi connectivity index (χ1) is 4.84. The zero-order valence-corrected chi connectivity index (χ0v) is 5.71. The quantitative estimate of drug-likeness (QED) is 0.411. The summed E-state index contributed by atoms with van der Waals surface area (Å²) in [6.45, 7) is 1.44. The highest BCUT2D eigenvalue weighted by Gasteiger charge is 2.21. The molecule has 3 N–H and O–H groups in total. The Labute approximate surface area is 59.6 Å². The second kappa shape index (κ2) is 3.53. The number of β-amino-alcohol motifs (C(OH)–C–C–N with tert-alkyl or cyclic N) is 1. The first-order valence-corrected chi connectivity index (χ1v) is 3.43. The zero-order chi connectivity index (χ0) is 7.40. The molecule has 0 aliphatic carbocycles. The van der Waals surface area contributed by atoms with E-state index in [0.717, 1.165) is 13.0 Å². The summed E-state index contributed by atoms with van der Waals surface area (Å²) in [6.07, 6.45) is 1.01. The summed E-state index contributed by atoms with van der Waals surface area (Å²) in [5, 5.41) is 14.8. The van der Waals surface area contributed by atoms with Crippen molar-refractivity contribution in [2.24, 2.45) is 0 Å². The summed E-state index contributed by atoms with van der Waals surface area (Å²) >= 11 is 0. The van der Waals surface area contributed by atoms with Gasteiger partial charge in [0.15, 0.2) is 0 Å². The molecular formula is C6H12N2O2. The van der Waals surface area contributed by atoms with E-state index >= 15 is 0 Å². The third-order valence-electron chi connectivity index (χ3n) is 1.73. The lowest BCUT2D eigenvalue weighted by molar-refractivity contribution is -0.111. The number of amides is 1. The molecule has 1 saturated heterocycles. The van der Waals surface area contributed by atoms with Crippen LogP contribution in [-0.4, -0.2) is 36.8 Å². The summed E-state index contributed by atoms with van der Waals surface area (Å²) < 4.78 is 0. The topological polar surface area (TPSA) is 61.4 Å². The highest BCUT2D eigenvalue weighted by atomic mass is 16.3. The maximum Gasteiger partial charge on any atom is 0.207 e. The molecule has 0 unspecified atom stereocenters. The Hall–Kier alpha value is -0.610. The van der Waals surface area contributed by atoms with Crippen LogP contribution in [-0.2, 0) is 4.79 Å². The molecular weight excluding hydrogens is 132 g/mol. The lowest BCUT2D eigenvalue weighted by Crippen LogP contribution is -2.50. The van der Waals surface area contributed by atoms with Crippen LogP contribution in [0.25, 0.3) is 0 Å². The third-order valence-corrected chi connectivity index (χ3v) is 1.73. The van der Waals surface area contributed by atoms with Gasteiger partial charge >= 0.3 is 0 Å². The SMILES string of the molecule is O=CN[C@H]1CCNC[C@@H]1O. The van der Waals surface area contributed by atoms with Gasteiger partial charge in [0.2, 0.25) is 6.41 Å². The Morgan fingerprint density at radius 3 is 3.10 bits per heavy atom. The normalized spacial score (nSPS) is 33.3. The second-order valence-corrected chi connectivity index (χ2v) is 2.45. The summed E-state index contributed by atoms with van der Waals surface area (Å²) in [4.78, 5) is 9.98. The van der Waals surface area contributed by atoms with Crippen molar-refractivity contribution < 1.29 is 9.90 Å². The fourth-order valence-corrected chi connectivity index (χ4v) is 1.12. The number of piperidine rings is 1. The Bertz CT molecular complexity index is 118. The van der Waals surface area contributed by atoms with Crippen LogP contribution >= 0.6 is 0 Å². The molecule has 0 spiro atoms. The highest BCUT2D eigenvalue weighted by Crippen LogP contribution is 2.01. The van der Waals surface area contributed by atoms with Crippen LogP contribution in [0.2, 0.25) is 0 Å². The molecule has 1 amide bonds. The van der Waals surface area contributed by atoms with E-state index in [1.54, 1.807) is 0 Å². The van der Waals surface area contributed by atoms with Gasteiger partial charge in [-0.3, -0.25) is 4.79 Å². The molecule has 0 aromatic carbocycles. The molecule has 0 aromatic heterocycles. The molecule has 0 saturated carbocycles. The molecule has 1 aliphatic rings. The first-order valence-electron chi connectivity index (χ1n) is 3.43.